The van der Waals surface area contributed by atoms with Gasteiger partial charge in [0.1, 0.15) is 0 Å². The molecule has 1 heterocycles. The molecule has 5 nitrogen and oxygen atoms in total. The van der Waals surface area contributed by atoms with E-state index in [0.29, 0.717) is 11.6 Å². The number of nitro groups is 1. The van der Waals surface area contributed by atoms with Crippen molar-refractivity contribution in [3.8, 4) is 0 Å². The zero-order chi connectivity index (χ0) is 14.4. The maximum atomic E-state index is 10.6. The van der Waals surface area contributed by atoms with Crippen molar-refractivity contribution in [2.75, 3.05) is 6.54 Å². The van der Waals surface area contributed by atoms with Gasteiger partial charge in [-0.15, -0.1) is 0 Å². The molecule has 0 spiro atoms. The van der Waals surface area contributed by atoms with E-state index in [1.54, 1.807) is 18.5 Å². The average molecular weight is 292 g/mol. The molecule has 0 bridgehead atoms. The maximum absolute atomic E-state index is 10.6. The van der Waals surface area contributed by atoms with Gasteiger partial charge < -0.3 is 5.32 Å². The molecule has 0 aliphatic heterocycles. The molecule has 1 N–H and O–H groups in total. The molecule has 2 aromatic rings. The summed E-state index contributed by atoms with van der Waals surface area (Å²) in [6.45, 7) is 1.39. The van der Waals surface area contributed by atoms with E-state index in [-0.39, 0.29) is 5.69 Å². The number of nitrogens with one attached hydrogen (secondary N) is 1. The van der Waals surface area contributed by atoms with Crippen LogP contribution in [0.5, 0.6) is 0 Å². The summed E-state index contributed by atoms with van der Waals surface area (Å²) in [5.41, 5.74) is 2.07. The van der Waals surface area contributed by atoms with Gasteiger partial charge in [0.2, 0.25) is 0 Å². The molecule has 0 amide bonds. The van der Waals surface area contributed by atoms with Crippen molar-refractivity contribution in [1.29, 1.82) is 0 Å². The highest BCUT2D eigenvalue weighted by atomic mass is 35.5. The van der Waals surface area contributed by atoms with Gasteiger partial charge in [-0.2, -0.15) is 0 Å². The van der Waals surface area contributed by atoms with Gasteiger partial charge in [0.05, 0.1) is 9.95 Å². The van der Waals surface area contributed by atoms with Crippen molar-refractivity contribution in [2.45, 2.75) is 13.0 Å². The highest BCUT2D eigenvalue weighted by Crippen LogP contribution is 2.22. The molecule has 0 aliphatic rings. The molecule has 1 aromatic heterocycles. The maximum Gasteiger partial charge on any atom is 0.270 e. The fraction of sp³-hybridized carbons (Fsp3) is 0.214. The van der Waals surface area contributed by atoms with Crippen LogP contribution in [0.15, 0.2) is 42.7 Å². The lowest BCUT2D eigenvalue weighted by molar-refractivity contribution is -0.384. The number of hydrogen-bond acceptors (Lipinski definition) is 4. The van der Waals surface area contributed by atoms with E-state index in [9.17, 15) is 10.1 Å². The molecule has 0 aliphatic carbocycles. The topological polar surface area (TPSA) is 68.1 Å². The van der Waals surface area contributed by atoms with E-state index in [0.717, 1.165) is 18.5 Å². The largest absolute Gasteiger partial charge is 0.312 e. The lowest BCUT2D eigenvalue weighted by atomic mass is 10.2. The Bertz CT molecular complexity index is 590. The summed E-state index contributed by atoms with van der Waals surface area (Å²) >= 11 is 6.02. The van der Waals surface area contributed by atoms with Crippen molar-refractivity contribution in [2.24, 2.45) is 0 Å². The third-order valence-corrected chi connectivity index (χ3v) is 3.25. The quantitative estimate of drug-likeness (QED) is 0.505. The molecule has 0 atom stereocenters. The Morgan fingerprint density at radius 3 is 2.65 bits per heavy atom. The number of halogens is 1. The van der Waals surface area contributed by atoms with Crippen LogP contribution >= 0.6 is 11.6 Å². The van der Waals surface area contributed by atoms with Crippen LogP contribution in [0.4, 0.5) is 5.69 Å². The van der Waals surface area contributed by atoms with Crippen molar-refractivity contribution >= 4 is 17.3 Å². The third-order valence-electron chi connectivity index (χ3n) is 2.90. The molecule has 0 unspecified atom stereocenters. The molecule has 0 saturated heterocycles. The molecule has 20 heavy (non-hydrogen) atoms. The van der Waals surface area contributed by atoms with E-state index >= 15 is 0 Å². The first-order chi connectivity index (χ1) is 9.66. The normalized spacial score (nSPS) is 10.4. The van der Waals surface area contributed by atoms with Gasteiger partial charge in [-0.1, -0.05) is 11.6 Å². The van der Waals surface area contributed by atoms with Gasteiger partial charge in [-0.05, 0) is 42.3 Å². The van der Waals surface area contributed by atoms with Gasteiger partial charge in [-0.3, -0.25) is 15.1 Å². The number of hydrogen-bond donors (Lipinski definition) is 1. The van der Waals surface area contributed by atoms with Gasteiger partial charge in [0.15, 0.2) is 0 Å². The molecule has 0 fully saturated rings. The Balaban J connectivity index is 1.84. The first-order valence-electron chi connectivity index (χ1n) is 6.19. The van der Waals surface area contributed by atoms with Crippen molar-refractivity contribution in [1.82, 2.24) is 10.3 Å². The predicted octanol–water partition coefficient (Wildman–Crippen LogP) is 2.98. The monoisotopic (exact) mass is 291 g/mol. The molecule has 6 heteroatoms. The molecular formula is C14H14ClN3O2. The average Bonchev–Trinajstić information content (AvgIpc) is 2.46. The Kier molecular flexibility index (Phi) is 5.03. The highest BCUT2D eigenvalue weighted by Gasteiger charge is 2.08. The second-order valence-electron chi connectivity index (χ2n) is 4.32. The fourth-order valence-corrected chi connectivity index (χ4v) is 2.04. The SMILES string of the molecule is O=[N+]([O-])c1ccc(CNCCc2ccncc2)c(Cl)c1. The van der Waals surface area contributed by atoms with Crippen LogP contribution in [-0.2, 0) is 13.0 Å². The fourth-order valence-electron chi connectivity index (χ4n) is 1.80. The molecule has 0 saturated carbocycles. The smallest absolute Gasteiger partial charge is 0.270 e. The number of aromatic nitrogens is 1. The summed E-state index contributed by atoms with van der Waals surface area (Å²) in [5, 5.41) is 14.3. The number of benzene rings is 1. The summed E-state index contributed by atoms with van der Waals surface area (Å²) in [6, 6.07) is 8.47. The second-order valence-corrected chi connectivity index (χ2v) is 4.72. The highest BCUT2D eigenvalue weighted by molar-refractivity contribution is 6.31. The lowest BCUT2D eigenvalue weighted by Crippen LogP contribution is -2.16. The third kappa shape index (κ3) is 4.01. The van der Waals surface area contributed by atoms with Crippen molar-refractivity contribution in [3.05, 3.63) is 69.0 Å². The van der Waals surface area contributed by atoms with Crippen LogP contribution in [-0.4, -0.2) is 16.5 Å². The van der Waals surface area contributed by atoms with Gasteiger partial charge >= 0.3 is 0 Å². The summed E-state index contributed by atoms with van der Waals surface area (Å²) in [6.07, 6.45) is 4.43. The Labute approximate surface area is 121 Å². The molecule has 1 aromatic carbocycles. The first-order valence-corrected chi connectivity index (χ1v) is 6.57. The van der Waals surface area contributed by atoms with Crippen LogP contribution in [0.1, 0.15) is 11.1 Å². The van der Waals surface area contributed by atoms with Crippen LogP contribution < -0.4 is 5.32 Å². The van der Waals surface area contributed by atoms with E-state index in [1.807, 2.05) is 12.1 Å². The summed E-state index contributed by atoms with van der Waals surface area (Å²) in [4.78, 5) is 14.1. The number of nitrogens with zero attached hydrogens (tertiary/aromatic N) is 2. The van der Waals surface area contributed by atoms with Crippen LogP contribution in [0.3, 0.4) is 0 Å². The van der Waals surface area contributed by atoms with E-state index in [2.05, 4.69) is 10.3 Å². The first kappa shape index (κ1) is 14.4. The molecule has 2 rings (SSSR count). The summed E-state index contributed by atoms with van der Waals surface area (Å²) in [7, 11) is 0. The Morgan fingerprint density at radius 1 is 1.25 bits per heavy atom. The Hall–Kier alpha value is -1.98. The van der Waals surface area contributed by atoms with Crippen LogP contribution in [0.25, 0.3) is 0 Å². The minimum atomic E-state index is -0.452. The number of rotatable bonds is 6. The van der Waals surface area contributed by atoms with Gasteiger partial charge in [0, 0.05) is 31.1 Å². The van der Waals surface area contributed by atoms with E-state index < -0.39 is 4.92 Å². The number of non-ortho nitro benzene ring substituents is 1. The standard InChI is InChI=1S/C14H14ClN3O2/c15-14-9-13(18(19)20)2-1-12(14)10-17-8-5-11-3-6-16-7-4-11/h1-4,6-7,9,17H,5,8,10H2. The molecule has 104 valence electrons. The van der Waals surface area contributed by atoms with Crippen molar-refractivity contribution < 1.29 is 4.92 Å². The second kappa shape index (κ2) is 6.98. The number of nitro benzene ring substituents is 1. The summed E-state index contributed by atoms with van der Waals surface area (Å²) in [5.74, 6) is 0. The minimum Gasteiger partial charge on any atom is -0.312 e. The molecular weight excluding hydrogens is 278 g/mol. The van der Waals surface area contributed by atoms with Crippen LogP contribution in [0, 0.1) is 10.1 Å². The number of pyridine rings is 1. The Morgan fingerprint density at radius 2 is 2.00 bits per heavy atom. The summed E-state index contributed by atoms with van der Waals surface area (Å²) < 4.78 is 0. The van der Waals surface area contributed by atoms with Gasteiger partial charge in [-0.25, -0.2) is 0 Å². The van der Waals surface area contributed by atoms with Crippen LogP contribution in [0.2, 0.25) is 5.02 Å². The zero-order valence-corrected chi connectivity index (χ0v) is 11.5. The van der Waals surface area contributed by atoms with E-state index in [4.69, 9.17) is 11.6 Å². The van der Waals surface area contributed by atoms with E-state index in [1.165, 1.54) is 17.7 Å². The predicted molar refractivity (Wildman–Crippen MR) is 77.8 cm³/mol. The minimum absolute atomic E-state index is 0.00976. The molecule has 0 radical (unpaired) electrons. The van der Waals surface area contributed by atoms with Crippen molar-refractivity contribution in [3.63, 3.8) is 0 Å². The lowest BCUT2D eigenvalue weighted by Gasteiger charge is -2.06. The van der Waals surface area contributed by atoms with Gasteiger partial charge in [0.25, 0.3) is 5.69 Å². The zero-order valence-electron chi connectivity index (χ0n) is 10.8.